The molecular formula is C13H16N2O2S2. The summed E-state index contributed by atoms with van der Waals surface area (Å²) in [5, 5.41) is 8.46. The molecule has 19 heavy (non-hydrogen) atoms. The van der Waals surface area contributed by atoms with Crippen LogP contribution < -0.4 is 0 Å². The van der Waals surface area contributed by atoms with E-state index in [2.05, 4.69) is 10.2 Å². The van der Waals surface area contributed by atoms with Gasteiger partial charge in [0.15, 0.2) is 9.84 Å². The molecule has 1 aromatic carbocycles. The largest absolute Gasteiger partial charge is 0.223 e. The fraction of sp³-hybridized carbons (Fsp3) is 0.385. The Morgan fingerprint density at radius 1 is 1.11 bits per heavy atom. The molecule has 1 atom stereocenters. The molecule has 2 rings (SSSR count). The summed E-state index contributed by atoms with van der Waals surface area (Å²) < 4.78 is 25.1. The lowest BCUT2D eigenvalue weighted by atomic mass is 10.1. The maximum absolute atomic E-state index is 12.5. The van der Waals surface area contributed by atoms with Crippen LogP contribution in [-0.4, -0.2) is 18.6 Å². The molecular weight excluding hydrogens is 280 g/mol. The van der Waals surface area contributed by atoms with E-state index in [-0.39, 0.29) is 0 Å². The SMILES string of the molecule is Cc1nnc(C(C)S(=O)(=O)c2ccc(C)c(C)c2)s1. The highest BCUT2D eigenvalue weighted by atomic mass is 32.2. The summed E-state index contributed by atoms with van der Waals surface area (Å²) >= 11 is 1.32. The Balaban J connectivity index is 2.44. The van der Waals surface area contributed by atoms with Gasteiger partial charge in [-0.3, -0.25) is 0 Å². The molecule has 0 aliphatic carbocycles. The summed E-state index contributed by atoms with van der Waals surface area (Å²) in [4.78, 5) is 0.343. The molecule has 1 aromatic heterocycles. The zero-order valence-corrected chi connectivity index (χ0v) is 13.0. The molecule has 0 spiro atoms. The maximum atomic E-state index is 12.5. The van der Waals surface area contributed by atoms with E-state index < -0.39 is 15.1 Å². The van der Waals surface area contributed by atoms with Crippen LogP contribution in [0.2, 0.25) is 0 Å². The van der Waals surface area contributed by atoms with E-state index in [1.165, 1.54) is 11.3 Å². The van der Waals surface area contributed by atoms with E-state index in [0.29, 0.717) is 9.90 Å². The van der Waals surface area contributed by atoms with Crippen molar-refractivity contribution in [2.45, 2.75) is 37.8 Å². The number of aryl methyl sites for hydroxylation is 3. The van der Waals surface area contributed by atoms with Crippen molar-refractivity contribution >= 4 is 21.2 Å². The van der Waals surface area contributed by atoms with E-state index >= 15 is 0 Å². The van der Waals surface area contributed by atoms with E-state index in [0.717, 1.165) is 16.1 Å². The minimum Gasteiger partial charge on any atom is -0.223 e. The molecule has 0 aliphatic rings. The molecule has 2 aromatic rings. The average Bonchev–Trinajstić information content (AvgIpc) is 2.78. The quantitative estimate of drug-likeness (QED) is 0.873. The summed E-state index contributed by atoms with van der Waals surface area (Å²) in [6.45, 7) is 7.35. The van der Waals surface area contributed by atoms with Crippen LogP contribution in [-0.2, 0) is 9.84 Å². The van der Waals surface area contributed by atoms with Crippen molar-refractivity contribution < 1.29 is 8.42 Å². The highest BCUT2D eigenvalue weighted by molar-refractivity contribution is 7.91. The van der Waals surface area contributed by atoms with E-state index in [1.807, 2.05) is 26.8 Å². The Kier molecular flexibility index (Phi) is 3.73. The number of nitrogens with zero attached hydrogens (tertiary/aromatic N) is 2. The summed E-state index contributed by atoms with van der Waals surface area (Å²) in [5.41, 5.74) is 2.06. The van der Waals surface area contributed by atoms with Crippen LogP contribution in [0, 0.1) is 20.8 Å². The molecule has 6 heteroatoms. The highest BCUT2D eigenvalue weighted by Gasteiger charge is 2.28. The van der Waals surface area contributed by atoms with Gasteiger partial charge in [0.1, 0.15) is 15.3 Å². The third-order valence-corrected chi connectivity index (χ3v) is 6.40. The molecule has 0 N–H and O–H groups in total. The lowest BCUT2D eigenvalue weighted by Crippen LogP contribution is -2.11. The van der Waals surface area contributed by atoms with Gasteiger partial charge in [0.05, 0.1) is 4.90 Å². The molecule has 0 radical (unpaired) electrons. The second-order valence-corrected chi connectivity index (χ2v) is 8.07. The third-order valence-electron chi connectivity index (χ3n) is 3.16. The fourth-order valence-electron chi connectivity index (χ4n) is 1.70. The molecule has 0 saturated heterocycles. The van der Waals surface area contributed by atoms with Crippen molar-refractivity contribution in [2.75, 3.05) is 0 Å². The topological polar surface area (TPSA) is 59.9 Å². The third kappa shape index (κ3) is 2.69. The van der Waals surface area contributed by atoms with Gasteiger partial charge in [-0.2, -0.15) is 0 Å². The second kappa shape index (κ2) is 5.02. The fourth-order valence-corrected chi connectivity index (χ4v) is 4.18. The molecule has 1 heterocycles. The second-order valence-electron chi connectivity index (χ2n) is 4.59. The van der Waals surface area contributed by atoms with Gasteiger partial charge in [-0.1, -0.05) is 6.07 Å². The van der Waals surface area contributed by atoms with Crippen molar-refractivity contribution in [3.63, 3.8) is 0 Å². The minimum absolute atomic E-state index is 0.343. The van der Waals surface area contributed by atoms with Gasteiger partial charge in [0.2, 0.25) is 0 Å². The molecule has 0 aliphatic heterocycles. The van der Waals surface area contributed by atoms with Gasteiger partial charge in [0.25, 0.3) is 0 Å². The Hall–Kier alpha value is -1.27. The maximum Gasteiger partial charge on any atom is 0.187 e. The van der Waals surface area contributed by atoms with Crippen molar-refractivity contribution in [2.24, 2.45) is 0 Å². The Morgan fingerprint density at radius 2 is 1.79 bits per heavy atom. The molecule has 0 fully saturated rings. The van der Waals surface area contributed by atoms with Crippen LogP contribution in [0.15, 0.2) is 23.1 Å². The van der Waals surface area contributed by atoms with E-state index in [1.54, 1.807) is 19.1 Å². The molecule has 0 saturated carbocycles. The van der Waals surface area contributed by atoms with Crippen LogP contribution in [0.1, 0.15) is 33.3 Å². The smallest absolute Gasteiger partial charge is 0.187 e. The van der Waals surface area contributed by atoms with Gasteiger partial charge < -0.3 is 0 Å². The Morgan fingerprint density at radius 3 is 2.32 bits per heavy atom. The average molecular weight is 296 g/mol. The molecule has 0 amide bonds. The number of rotatable bonds is 3. The minimum atomic E-state index is -3.41. The van der Waals surface area contributed by atoms with E-state index in [4.69, 9.17) is 0 Å². The van der Waals surface area contributed by atoms with Gasteiger partial charge in [-0.15, -0.1) is 21.5 Å². The van der Waals surface area contributed by atoms with Gasteiger partial charge >= 0.3 is 0 Å². The summed E-state index contributed by atoms with van der Waals surface area (Å²) in [5.74, 6) is 0. The summed E-state index contributed by atoms with van der Waals surface area (Å²) in [6.07, 6.45) is 0. The van der Waals surface area contributed by atoms with Crippen LogP contribution in [0.4, 0.5) is 0 Å². The predicted molar refractivity (Wildman–Crippen MR) is 76.2 cm³/mol. The number of aromatic nitrogens is 2. The van der Waals surface area contributed by atoms with Crippen LogP contribution in [0.5, 0.6) is 0 Å². The summed E-state index contributed by atoms with van der Waals surface area (Å²) in [6, 6.07) is 5.21. The molecule has 4 nitrogen and oxygen atoms in total. The predicted octanol–water partition coefficient (Wildman–Crippen LogP) is 3.00. The van der Waals surface area contributed by atoms with Crippen molar-refractivity contribution in [1.82, 2.24) is 10.2 Å². The van der Waals surface area contributed by atoms with Crippen LogP contribution in [0.3, 0.4) is 0 Å². The normalized spacial score (nSPS) is 13.5. The van der Waals surface area contributed by atoms with Crippen molar-refractivity contribution in [1.29, 1.82) is 0 Å². The van der Waals surface area contributed by atoms with Crippen molar-refractivity contribution in [3.05, 3.63) is 39.3 Å². The van der Waals surface area contributed by atoms with E-state index in [9.17, 15) is 8.42 Å². The van der Waals surface area contributed by atoms with Gasteiger partial charge in [-0.05, 0) is 51.0 Å². The van der Waals surface area contributed by atoms with Crippen LogP contribution >= 0.6 is 11.3 Å². The standard InChI is InChI=1S/C13H16N2O2S2/c1-8-5-6-12(7-9(8)2)19(16,17)10(3)13-15-14-11(4)18-13/h5-7,10H,1-4H3. The van der Waals surface area contributed by atoms with Gasteiger partial charge in [-0.25, -0.2) is 8.42 Å². The zero-order valence-electron chi connectivity index (χ0n) is 11.3. The Bertz CT molecular complexity index is 705. The first kappa shape index (κ1) is 14.1. The summed E-state index contributed by atoms with van der Waals surface area (Å²) in [7, 11) is -3.41. The van der Waals surface area contributed by atoms with Gasteiger partial charge in [0, 0.05) is 0 Å². The van der Waals surface area contributed by atoms with Crippen molar-refractivity contribution in [3.8, 4) is 0 Å². The molecule has 102 valence electrons. The number of sulfone groups is 1. The first-order chi connectivity index (χ1) is 8.82. The first-order valence-electron chi connectivity index (χ1n) is 5.93. The number of hydrogen-bond donors (Lipinski definition) is 0. The first-order valence-corrected chi connectivity index (χ1v) is 8.30. The lowest BCUT2D eigenvalue weighted by molar-refractivity contribution is 0.585. The lowest BCUT2D eigenvalue weighted by Gasteiger charge is -2.11. The Labute approximate surface area is 117 Å². The molecule has 1 unspecified atom stereocenters. The number of hydrogen-bond acceptors (Lipinski definition) is 5. The van der Waals surface area contributed by atoms with Crippen LogP contribution in [0.25, 0.3) is 0 Å². The molecule has 0 bridgehead atoms. The number of benzene rings is 1. The highest BCUT2D eigenvalue weighted by Crippen LogP contribution is 2.30. The monoisotopic (exact) mass is 296 g/mol. The zero-order chi connectivity index (χ0) is 14.2.